The van der Waals surface area contributed by atoms with Gasteiger partial charge >= 0.3 is 56.2 Å². The molecule has 0 fully saturated rings. The Morgan fingerprint density at radius 2 is 1.56 bits per heavy atom. The molecule has 0 spiro atoms. The van der Waals surface area contributed by atoms with Gasteiger partial charge in [-0.05, 0) is 0 Å². The third kappa shape index (κ3) is 1.63. The molecule has 9 heavy (non-hydrogen) atoms. The van der Waals surface area contributed by atoms with Gasteiger partial charge < -0.3 is 0 Å². The molecule has 0 aromatic heterocycles. The summed E-state index contributed by atoms with van der Waals surface area (Å²) in [5, 5.41) is 0. The Kier molecular flexibility index (Phi) is 1.98. The van der Waals surface area contributed by atoms with Crippen LogP contribution < -0.4 is 4.46 Å². The predicted octanol–water partition coefficient (Wildman–Crippen LogP) is -0.0249. The average molecular weight is 189 g/mol. The van der Waals surface area contributed by atoms with Crippen LogP contribution in [0.2, 0.25) is 0 Å². The fourth-order valence-electron chi connectivity index (χ4n) is 0.550. The molecule has 0 saturated carbocycles. The van der Waals surface area contributed by atoms with Crippen LogP contribution in [-0.2, 0) is 7.67 Å². The van der Waals surface area contributed by atoms with Crippen molar-refractivity contribution >= 4 is 18.2 Å². The quantitative estimate of drug-likeness (QED) is 0.581. The standard InChI is InChI=1S/C6H6O2Se/c7-9(8)6-4-2-1-3-5-6/h1-5,9H. The minimum atomic E-state index is -3.09. The summed E-state index contributed by atoms with van der Waals surface area (Å²) >= 11 is -3.09. The van der Waals surface area contributed by atoms with Crippen LogP contribution >= 0.6 is 0 Å². The molecule has 0 atom stereocenters. The monoisotopic (exact) mass is 190 g/mol. The van der Waals surface area contributed by atoms with E-state index in [-0.39, 0.29) is 0 Å². The van der Waals surface area contributed by atoms with Crippen LogP contribution in [0.15, 0.2) is 30.3 Å². The summed E-state index contributed by atoms with van der Waals surface area (Å²) in [5.41, 5.74) is 0. The van der Waals surface area contributed by atoms with Gasteiger partial charge in [-0.1, -0.05) is 0 Å². The van der Waals surface area contributed by atoms with Crippen molar-refractivity contribution in [3.63, 3.8) is 0 Å². The zero-order valence-corrected chi connectivity index (χ0v) is 6.53. The van der Waals surface area contributed by atoms with Gasteiger partial charge in [0.15, 0.2) is 0 Å². The molecule has 0 bridgehead atoms. The number of benzene rings is 1. The minimum absolute atomic E-state index is 0.449. The predicted molar refractivity (Wildman–Crippen MR) is 34.6 cm³/mol. The van der Waals surface area contributed by atoms with Gasteiger partial charge in [0.25, 0.3) is 0 Å². The molecular formula is C6H6O2Se. The third-order valence-electron chi connectivity index (χ3n) is 0.967. The van der Waals surface area contributed by atoms with Gasteiger partial charge in [0.05, 0.1) is 0 Å². The molecule has 0 radical (unpaired) electrons. The van der Waals surface area contributed by atoms with E-state index in [1.807, 2.05) is 0 Å². The van der Waals surface area contributed by atoms with Gasteiger partial charge in [-0.15, -0.1) is 0 Å². The molecule has 2 nitrogen and oxygen atoms in total. The number of rotatable bonds is 1. The van der Waals surface area contributed by atoms with Crippen molar-refractivity contribution < 1.29 is 7.67 Å². The van der Waals surface area contributed by atoms with Crippen LogP contribution in [0.1, 0.15) is 0 Å². The molecule has 0 unspecified atom stereocenters. The Labute approximate surface area is 56.8 Å². The molecule has 0 amide bonds. The number of hydrogen-bond acceptors (Lipinski definition) is 2. The summed E-state index contributed by atoms with van der Waals surface area (Å²) in [7, 11) is 0. The van der Waals surface area contributed by atoms with Crippen molar-refractivity contribution in [1.29, 1.82) is 0 Å². The van der Waals surface area contributed by atoms with Crippen LogP contribution in [0.4, 0.5) is 0 Å². The second-order valence-corrected chi connectivity index (χ2v) is 3.75. The van der Waals surface area contributed by atoms with Crippen molar-refractivity contribution in [3.05, 3.63) is 30.3 Å². The normalized spacial score (nSPS) is 9.89. The Morgan fingerprint density at radius 1 is 1.00 bits per heavy atom. The summed E-state index contributed by atoms with van der Waals surface area (Å²) in [4.78, 5) is 0. The number of hydrogen-bond donors (Lipinski definition) is 0. The zero-order valence-electron chi connectivity index (χ0n) is 4.65. The van der Waals surface area contributed by atoms with Gasteiger partial charge in [-0.2, -0.15) is 0 Å². The molecule has 1 aromatic carbocycles. The Bertz CT molecular complexity index is 243. The second-order valence-electron chi connectivity index (χ2n) is 1.59. The maximum atomic E-state index is 10.3. The topological polar surface area (TPSA) is 34.1 Å². The molecule has 0 aliphatic heterocycles. The summed E-state index contributed by atoms with van der Waals surface area (Å²) < 4.78 is 21.1. The molecule has 3 heteroatoms. The molecule has 0 N–H and O–H groups in total. The fourth-order valence-corrected chi connectivity index (χ4v) is 1.42. The van der Waals surface area contributed by atoms with E-state index in [9.17, 15) is 7.67 Å². The van der Waals surface area contributed by atoms with Crippen molar-refractivity contribution in [1.82, 2.24) is 0 Å². The summed E-state index contributed by atoms with van der Waals surface area (Å²) in [6, 6.07) is 8.42. The van der Waals surface area contributed by atoms with Crippen LogP contribution in [0.5, 0.6) is 0 Å². The van der Waals surface area contributed by atoms with E-state index in [1.54, 1.807) is 30.3 Å². The van der Waals surface area contributed by atoms with Crippen LogP contribution in [0.25, 0.3) is 0 Å². The van der Waals surface area contributed by atoms with E-state index in [0.717, 1.165) is 0 Å². The van der Waals surface area contributed by atoms with E-state index in [1.165, 1.54) is 0 Å². The van der Waals surface area contributed by atoms with Crippen molar-refractivity contribution in [2.45, 2.75) is 0 Å². The van der Waals surface area contributed by atoms with E-state index < -0.39 is 13.8 Å². The fraction of sp³-hybridized carbons (Fsp3) is 0. The Hall–Kier alpha value is -0.661. The van der Waals surface area contributed by atoms with Gasteiger partial charge in [-0.3, -0.25) is 0 Å². The molecule has 1 aromatic rings. The molecule has 0 aliphatic rings. The average Bonchev–Trinajstić information content (AvgIpc) is 1.90. The Morgan fingerprint density at radius 3 is 1.89 bits per heavy atom. The molecular weight excluding hydrogens is 183 g/mol. The van der Waals surface area contributed by atoms with Crippen molar-refractivity contribution in [3.8, 4) is 0 Å². The first-order chi connectivity index (χ1) is 4.30. The van der Waals surface area contributed by atoms with Crippen LogP contribution in [-0.4, -0.2) is 13.8 Å². The summed E-state index contributed by atoms with van der Waals surface area (Å²) in [6.45, 7) is 0. The summed E-state index contributed by atoms with van der Waals surface area (Å²) in [6.07, 6.45) is 0. The van der Waals surface area contributed by atoms with Gasteiger partial charge in [-0.25, -0.2) is 0 Å². The van der Waals surface area contributed by atoms with Crippen LogP contribution in [0.3, 0.4) is 0 Å². The van der Waals surface area contributed by atoms with E-state index in [2.05, 4.69) is 0 Å². The first-order valence-electron chi connectivity index (χ1n) is 2.50. The molecule has 0 aliphatic carbocycles. The first-order valence-corrected chi connectivity index (χ1v) is 4.97. The molecule has 1 rings (SSSR count). The first kappa shape index (κ1) is 6.46. The molecule has 48 valence electrons. The van der Waals surface area contributed by atoms with Crippen molar-refractivity contribution in [2.75, 3.05) is 0 Å². The molecule has 0 saturated heterocycles. The van der Waals surface area contributed by atoms with E-state index in [0.29, 0.717) is 4.46 Å². The third-order valence-corrected chi connectivity index (χ3v) is 2.48. The molecule has 0 heterocycles. The van der Waals surface area contributed by atoms with Gasteiger partial charge in [0.1, 0.15) is 0 Å². The SMILES string of the molecule is O=[SeH](=O)c1ccccc1. The second kappa shape index (κ2) is 2.76. The van der Waals surface area contributed by atoms with E-state index in [4.69, 9.17) is 0 Å². The van der Waals surface area contributed by atoms with Crippen LogP contribution in [0, 0.1) is 0 Å². The van der Waals surface area contributed by atoms with Gasteiger partial charge in [0, 0.05) is 0 Å². The summed E-state index contributed by atoms with van der Waals surface area (Å²) in [5.74, 6) is 0. The van der Waals surface area contributed by atoms with E-state index >= 15 is 0 Å². The van der Waals surface area contributed by atoms with Gasteiger partial charge in [0.2, 0.25) is 0 Å². The zero-order chi connectivity index (χ0) is 6.69. The maximum absolute atomic E-state index is 10.3. The van der Waals surface area contributed by atoms with Crippen molar-refractivity contribution in [2.24, 2.45) is 0 Å². The Balaban J connectivity index is 3.13.